The van der Waals surface area contributed by atoms with E-state index in [2.05, 4.69) is 10.3 Å². The van der Waals surface area contributed by atoms with Gasteiger partial charge in [0.15, 0.2) is 0 Å². The van der Waals surface area contributed by atoms with E-state index in [0.717, 1.165) is 31.6 Å². The summed E-state index contributed by atoms with van der Waals surface area (Å²) in [5.41, 5.74) is 0.937. The Kier molecular flexibility index (Phi) is 4.09. The first-order chi connectivity index (χ1) is 8.27. The van der Waals surface area contributed by atoms with E-state index in [1.165, 1.54) is 0 Å². The number of pyridine rings is 1. The zero-order valence-electron chi connectivity index (χ0n) is 10.2. The fourth-order valence-corrected chi connectivity index (χ4v) is 2.19. The molecule has 0 saturated carbocycles. The van der Waals surface area contributed by atoms with Crippen LogP contribution in [0.3, 0.4) is 0 Å². The van der Waals surface area contributed by atoms with Crippen LogP contribution in [0.15, 0.2) is 24.4 Å². The lowest BCUT2D eigenvalue weighted by molar-refractivity contribution is -0.135. The summed E-state index contributed by atoms with van der Waals surface area (Å²) in [5.74, 6) is 0.361. The predicted octanol–water partition coefficient (Wildman–Crippen LogP) is 1.04. The average molecular weight is 233 g/mol. The molecular formula is C13H19N3O. The van der Waals surface area contributed by atoms with E-state index in [1.807, 2.05) is 25.2 Å². The number of carbonyl (C=O) groups excluding carboxylic acids is 1. The first kappa shape index (κ1) is 12.0. The topological polar surface area (TPSA) is 45.2 Å². The average Bonchev–Trinajstić information content (AvgIpc) is 2.40. The van der Waals surface area contributed by atoms with E-state index in [-0.39, 0.29) is 11.8 Å². The standard InChI is InChI=1S/C13H19N3O/c1-16(10-12-6-2-3-8-15-12)13(17)11-5-4-7-14-9-11/h2-3,6,8,11,14H,4-5,7,9-10H2,1H3/t11-/m1/s1. The van der Waals surface area contributed by atoms with Crippen LogP contribution in [-0.4, -0.2) is 35.9 Å². The number of rotatable bonds is 3. The molecule has 4 nitrogen and oxygen atoms in total. The normalized spacial score (nSPS) is 19.9. The molecule has 4 heteroatoms. The highest BCUT2D eigenvalue weighted by Gasteiger charge is 2.23. The number of amides is 1. The first-order valence-corrected chi connectivity index (χ1v) is 6.13. The molecular weight excluding hydrogens is 214 g/mol. The van der Waals surface area contributed by atoms with Crippen LogP contribution in [0, 0.1) is 5.92 Å². The molecule has 1 aromatic rings. The Hall–Kier alpha value is -1.42. The predicted molar refractivity (Wildman–Crippen MR) is 66.3 cm³/mol. The minimum absolute atomic E-state index is 0.137. The SMILES string of the molecule is CN(Cc1ccccn1)C(=O)[C@@H]1CCCNC1. The van der Waals surface area contributed by atoms with Gasteiger partial charge in [0.25, 0.3) is 0 Å². The van der Waals surface area contributed by atoms with E-state index in [0.29, 0.717) is 6.54 Å². The molecule has 1 amide bonds. The Labute approximate surface area is 102 Å². The van der Waals surface area contributed by atoms with Crippen molar-refractivity contribution in [1.29, 1.82) is 0 Å². The zero-order chi connectivity index (χ0) is 12.1. The minimum atomic E-state index is 0.137. The summed E-state index contributed by atoms with van der Waals surface area (Å²) in [7, 11) is 1.85. The van der Waals surface area contributed by atoms with Crippen LogP contribution in [0.25, 0.3) is 0 Å². The van der Waals surface area contributed by atoms with Gasteiger partial charge in [0.1, 0.15) is 0 Å². The number of hydrogen-bond donors (Lipinski definition) is 1. The van der Waals surface area contributed by atoms with Crippen molar-refractivity contribution in [2.24, 2.45) is 5.92 Å². The van der Waals surface area contributed by atoms with E-state index in [1.54, 1.807) is 11.1 Å². The Morgan fingerprint density at radius 3 is 3.12 bits per heavy atom. The van der Waals surface area contributed by atoms with Crippen LogP contribution in [0.4, 0.5) is 0 Å². The quantitative estimate of drug-likeness (QED) is 0.848. The molecule has 0 radical (unpaired) electrons. The summed E-state index contributed by atoms with van der Waals surface area (Å²) in [6, 6.07) is 5.78. The molecule has 1 aliphatic rings. The Morgan fingerprint density at radius 2 is 2.47 bits per heavy atom. The maximum absolute atomic E-state index is 12.2. The highest BCUT2D eigenvalue weighted by Crippen LogP contribution is 2.13. The molecule has 92 valence electrons. The van der Waals surface area contributed by atoms with E-state index >= 15 is 0 Å². The van der Waals surface area contributed by atoms with Crippen LogP contribution >= 0.6 is 0 Å². The van der Waals surface area contributed by atoms with Crippen LogP contribution in [0.1, 0.15) is 18.5 Å². The van der Waals surface area contributed by atoms with Gasteiger partial charge in [0, 0.05) is 19.8 Å². The molecule has 1 atom stereocenters. The lowest BCUT2D eigenvalue weighted by Gasteiger charge is -2.26. The van der Waals surface area contributed by atoms with Crippen molar-refractivity contribution in [3.8, 4) is 0 Å². The van der Waals surface area contributed by atoms with Gasteiger partial charge in [0.2, 0.25) is 5.91 Å². The molecule has 0 aliphatic carbocycles. The van der Waals surface area contributed by atoms with Gasteiger partial charge in [-0.1, -0.05) is 6.07 Å². The highest BCUT2D eigenvalue weighted by molar-refractivity contribution is 5.78. The van der Waals surface area contributed by atoms with Crippen LogP contribution < -0.4 is 5.32 Å². The molecule has 0 bridgehead atoms. The second-order valence-electron chi connectivity index (χ2n) is 4.56. The number of carbonyl (C=O) groups is 1. The van der Waals surface area contributed by atoms with Crippen molar-refractivity contribution in [1.82, 2.24) is 15.2 Å². The maximum Gasteiger partial charge on any atom is 0.227 e. The monoisotopic (exact) mass is 233 g/mol. The summed E-state index contributed by atoms with van der Waals surface area (Å²) in [4.78, 5) is 18.2. The fraction of sp³-hybridized carbons (Fsp3) is 0.538. The summed E-state index contributed by atoms with van der Waals surface area (Å²) in [5, 5.41) is 3.27. The Bertz CT molecular complexity index is 360. The maximum atomic E-state index is 12.2. The van der Waals surface area contributed by atoms with Crippen molar-refractivity contribution >= 4 is 5.91 Å². The third-order valence-corrected chi connectivity index (χ3v) is 3.15. The minimum Gasteiger partial charge on any atom is -0.340 e. The summed E-state index contributed by atoms with van der Waals surface area (Å²) < 4.78 is 0. The lowest BCUT2D eigenvalue weighted by atomic mass is 9.98. The molecule has 1 saturated heterocycles. The molecule has 0 spiro atoms. The Balaban J connectivity index is 1.90. The molecule has 1 aliphatic heterocycles. The van der Waals surface area contributed by atoms with E-state index in [4.69, 9.17) is 0 Å². The van der Waals surface area contributed by atoms with Gasteiger partial charge in [-0.25, -0.2) is 0 Å². The van der Waals surface area contributed by atoms with Gasteiger partial charge in [0.05, 0.1) is 18.2 Å². The lowest BCUT2D eigenvalue weighted by Crippen LogP contribution is -2.41. The van der Waals surface area contributed by atoms with E-state index in [9.17, 15) is 4.79 Å². The van der Waals surface area contributed by atoms with Crippen molar-refractivity contribution in [3.63, 3.8) is 0 Å². The van der Waals surface area contributed by atoms with Gasteiger partial charge in [-0.2, -0.15) is 0 Å². The molecule has 17 heavy (non-hydrogen) atoms. The smallest absolute Gasteiger partial charge is 0.227 e. The van der Waals surface area contributed by atoms with Crippen molar-refractivity contribution in [2.75, 3.05) is 20.1 Å². The van der Waals surface area contributed by atoms with Crippen molar-refractivity contribution in [2.45, 2.75) is 19.4 Å². The summed E-state index contributed by atoms with van der Waals surface area (Å²) in [6.45, 7) is 2.44. The number of piperidine rings is 1. The van der Waals surface area contributed by atoms with Crippen molar-refractivity contribution in [3.05, 3.63) is 30.1 Å². The van der Waals surface area contributed by atoms with Gasteiger partial charge in [-0.05, 0) is 31.5 Å². The third kappa shape index (κ3) is 3.27. The molecule has 0 aromatic carbocycles. The van der Waals surface area contributed by atoms with Crippen LogP contribution in [-0.2, 0) is 11.3 Å². The largest absolute Gasteiger partial charge is 0.340 e. The second kappa shape index (κ2) is 5.77. The van der Waals surface area contributed by atoms with Crippen LogP contribution in [0.2, 0.25) is 0 Å². The van der Waals surface area contributed by atoms with Gasteiger partial charge < -0.3 is 10.2 Å². The number of aromatic nitrogens is 1. The first-order valence-electron chi connectivity index (χ1n) is 6.13. The Morgan fingerprint density at radius 1 is 1.59 bits per heavy atom. The highest BCUT2D eigenvalue weighted by atomic mass is 16.2. The number of nitrogens with one attached hydrogen (secondary N) is 1. The van der Waals surface area contributed by atoms with Gasteiger partial charge >= 0.3 is 0 Å². The summed E-state index contributed by atoms with van der Waals surface area (Å²) in [6.07, 6.45) is 3.85. The molecule has 1 N–H and O–H groups in total. The summed E-state index contributed by atoms with van der Waals surface area (Å²) >= 11 is 0. The molecule has 1 fully saturated rings. The fourth-order valence-electron chi connectivity index (χ4n) is 2.19. The zero-order valence-corrected chi connectivity index (χ0v) is 10.2. The van der Waals surface area contributed by atoms with E-state index < -0.39 is 0 Å². The molecule has 2 rings (SSSR count). The third-order valence-electron chi connectivity index (χ3n) is 3.15. The number of nitrogens with zero attached hydrogens (tertiary/aromatic N) is 2. The van der Waals surface area contributed by atoms with Gasteiger partial charge in [-0.15, -0.1) is 0 Å². The van der Waals surface area contributed by atoms with Gasteiger partial charge in [-0.3, -0.25) is 9.78 Å². The molecule has 1 aromatic heterocycles. The molecule has 0 unspecified atom stereocenters. The van der Waals surface area contributed by atoms with Crippen LogP contribution in [0.5, 0.6) is 0 Å². The molecule has 2 heterocycles. The number of hydrogen-bond acceptors (Lipinski definition) is 3. The second-order valence-corrected chi connectivity index (χ2v) is 4.56. The van der Waals surface area contributed by atoms with Crippen molar-refractivity contribution < 1.29 is 4.79 Å².